The van der Waals surface area contributed by atoms with E-state index >= 15 is 0 Å². The van der Waals surface area contributed by atoms with Gasteiger partial charge in [-0.05, 0) is 56.4 Å². The van der Waals surface area contributed by atoms with Crippen LogP contribution in [0.4, 0.5) is 21.7 Å². The van der Waals surface area contributed by atoms with Crippen LogP contribution in [0.15, 0.2) is 36.7 Å². The van der Waals surface area contributed by atoms with Gasteiger partial charge in [-0.2, -0.15) is 0 Å². The summed E-state index contributed by atoms with van der Waals surface area (Å²) in [4.78, 5) is 26.1. The van der Waals surface area contributed by atoms with Crippen LogP contribution >= 0.6 is 0 Å². The summed E-state index contributed by atoms with van der Waals surface area (Å²) in [6.45, 7) is 3.67. The third kappa shape index (κ3) is 4.40. The zero-order valence-corrected chi connectivity index (χ0v) is 16.0. The van der Waals surface area contributed by atoms with E-state index in [1.54, 1.807) is 12.1 Å². The molecule has 2 aliphatic heterocycles. The lowest BCUT2D eigenvalue weighted by Crippen LogP contribution is -2.38. The standard InChI is InChI=1S/C21H26FN5O/c22-17-4-6-18(7-5-17)25-20(28)16-8-12-26(13-9-16)19-14-23-21(24-15-19)27-10-2-1-3-11-27/h4-7,14-16H,1-3,8-13H2,(H,25,28). The topological polar surface area (TPSA) is 61.4 Å². The molecule has 1 N–H and O–H groups in total. The third-order valence-corrected chi connectivity index (χ3v) is 5.61. The smallest absolute Gasteiger partial charge is 0.227 e. The van der Waals surface area contributed by atoms with E-state index in [1.807, 2.05) is 12.4 Å². The highest BCUT2D eigenvalue weighted by molar-refractivity contribution is 5.92. The Balaban J connectivity index is 1.29. The molecule has 7 heteroatoms. The molecule has 4 rings (SSSR count). The molecular formula is C21H26FN5O. The van der Waals surface area contributed by atoms with Gasteiger partial charge in [0.25, 0.3) is 0 Å². The predicted molar refractivity (Wildman–Crippen MR) is 108 cm³/mol. The van der Waals surface area contributed by atoms with Crippen molar-refractivity contribution in [3.05, 3.63) is 42.5 Å². The summed E-state index contributed by atoms with van der Waals surface area (Å²) in [5, 5.41) is 2.88. The van der Waals surface area contributed by atoms with Crippen molar-refractivity contribution >= 4 is 23.2 Å². The summed E-state index contributed by atoms with van der Waals surface area (Å²) in [6.07, 6.45) is 9.06. The molecule has 0 bridgehead atoms. The molecule has 1 amide bonds. The molecule has 0 atom stereocenters. The van der Waals surface area contributed by atoms with Crippen LogP contribution in [0.25, 0.3) is 0 Å². The number of nitrogens with zero attached hydrogens (tertiary/aromatic N) is 4. The van der Waals surface area contributed by atoms with Crippen LogP contribution in [0.5, 0.6) is 0 Å². The Hall–Kier alpha value is -2.70. The number of carbonyl (C=O) groups is 1. The Morgan fingerprint density at radius 3 is 2.21 bits per heavy atom. The first-order valence-corrected chi connectivity index (χ1v) is 10.1. The zero-order chi connectivity index (χ0) is 19.3. The number of amides is 1. The zero-order valence-electron chi connectivity index (χ0n) is 16.0. The van der Waals surface area contributed by atoms with Gasteiger partial charge in [0.2, 0.25) is 11.9 Å². The average Bonchev–Trinajstić information content (AvgIpc) is 2.76. The van der Waals surface area contributed by atoms with Crippen molar-refractivity contribution < 1.29 is 9.18 Å². The van der Waals surface area contributed by atoms with Gasteiger partial charge in [0.1, 0.15) is 5.82 Å². The second kappa shape index (κ2) is 8.54. The summed E-state index contributed by atoms with van der Waals surface area (Å²) in [6, 6.07) is 5.88. The van der Waals surface area contributed by atoms with Crippen LogP contribution in [0.1, 0.15) is 32.1 Å². The molecule has 2 saturated heterocycles. The van der Waals surface area contributed by atoms with Crippen LogP contribution in [0, 0.1) is 11.7 Å². The first-order valence-electron chi connectivity index (χ1n) is 10.1. The lowest BCUT2D eigenvalue weighted by molar-refractivity contribution is -0.120. The van der Waals surface area contributed by atoms with Crippen LogP contribution in [-0.4, -0.2) is 42.1 Å². The lowest BCUT2D eigenvalue weighted by Gasteiger charge is -2.33. The average molecular weight is 383 g/mol. The Morgan fingerprint density at radius 2 is 1.57 bits per heavy atom. The second-order valence-electron chi connectivity index (χ2n) is 7.55. The Morgan fingerprint density at radius 1 is 0.929 bits per heavy atom. The van der Waals surface area contributed by atoms with Crippen molar-refractivity contribution in [2.45, 2.75) is 32.1 Å². The minimum Gasteiger partial charge on any atom is -0.369 e. The van der Waals surface area contributed by atoms with E-state index in [9.17, 15) is 9.18 Å². The molecule has 2 aliphatic rings. The maximum absolute atomic E-state index is 13.0. The van der Waals surface area contributed by atoms with E-state index in [-0.39, 0.29) is 17.6 Å². The van der Waals surface area contributed by atoms with E-state index < -0.39 is 0 Å². The van der Waals surface area contributed by atoms with Gasteiger partial charge in [-0.15, -0.1) is 0 Å². The Bertz CT molecular complexity index is 781. The fourth-order valence-electron chi connectivity index (χ4n) is 3.91. The van der Waals surface area contributed by atoms with Crippen LogP contribution in [0.2, 0.25) is 0 Å². The number of halogens is 1. The molecule has 2 aromatic rings. The van der Waals surface area contributed by atoms with Gasteiger partial charge < -0.3 is 15.1 Å². The van der Waals surface area contributed by atoms with Gasteiger partial charge in [0, 0.05) is 37.8 Å². The summed E-state index contributed by atoms with van der Waals surface area (Å²) in [7, 11) is 0. The van der Waals surface area contributed by atoms with E-state index in [4.69, 9.17) is 0 Å². The highest BCUT2D eigenvalue weighted by Crippen LogP contribution is 2.25. The van der Waals surface area contributed by atoms with Crippen molar-refractivity contribution in [2.24, 2.45) is 5.92 Å². The molecule has 6 nitrogen and oxygen atoms in total. The predicted octanol–water partition coefficient (Wildman–Crippen LogP) is 3.46. The van der Waals surface area contributed by atoms with Gasteiger partial charge >= 0.3 is 0 Å². The molecular weight excluding hydrogens is 357 g/mol. The van der Waals surface area contributed by atoms with Gasteiger partial charge in [0.05, 0.1) is 18.1 Å². The summed E-state index contributed by atoms with van der Waals surface area (Å²) in [5.41, 5.74) is 1.65. The van der Waals surface area contributed by atoms with Crippen LogP contribution in [0.3, 0.4) is 0 Å². The molecule has 0 spiro atoms. The van der Waals surface area contributed by atoms with E-state index in [0.29, 0.717) is 5.69 Å². The second-order valence-corrected chi connectivity index (χ2v) is 7.55. The molecule has 148 valence electrons. The lowest BCUT2D eigenvalue weighted by atomic mass is 9.95. The summed E-state index contributed by atoms with van der Waals surface area (Å²) >= 11 is 0. The minimum absolute atomic E-state index is 0.00274. The maximum atomic E-state index is 13.0. The molecule has 0 aliphatic carbocycles. The molecule has 1 aromatic carbocycles. The van der Waals surface area contributed by atoms with E-state index in [1.165, 1.54) is 31.4 Å². The van der Waals surface area contributed by atoms with Crippen molar-refractivity contribution in [1.29, 1.82) is 0 Å². The number of hydrogen-bond acceptors (Lipinski definition) is 5. The highest BCUT2D eigenvalue weighted by atomic mass is 19.1. The van der Waals surface area contributed by atoms with Crippen molar-refractivity contribution in [1.82, 2.24) is 9.97 Å². The SMILES string of the molecule is O=C(Nc1ccc(F)cc1)C1CCN(c2cnc(N3CCCCC3)nc2)CC1. The number of nitrogens with one attached hydrogen (secondary N) is 1. The first kappa shape index (κ1) is 18.7. The summed E-state index contributed by atoms with van der Waals surface area (Å²) < 4.78 is 13.0. The summed E-state index contributed by atoms with van der Waals surface area (Å²) in [5.74, 6) is 0.481. The first-order chi connectivity index (χ1) is 13.7. The maximum Gasteiger partial charge on any atom is 0.227 e. The molecule has 1 aromatic heterocycles. The van der Waals surface area contributed by atoms with Gasteiger partial charge in [-0.3, -0.25) is 4.79 Å². The van der Waals surface area contributed by atoms with Gasteiger partial charge in [-0.25, -0.2) is 14.4 Å². The molecule has 28 heavy (non-hydrogen) atoms. The fourth-order valence-corrected chi connectivity index (χ4v) is 3.91. The number of piperidine rings is 2. The molecule has 2 fully saturated rings. The van der Waals surface area contributed by atoms with Crippen molar-refractivity contribution in [3.8, 4) is 0 Å². The number of rotatable bonds is 4. The van der Waals surface area contributed by atoms with Crippen molar-refractivity contribution in [2.75, 3.05) is 41.3 Å². The normalized spacial score (nSPS) is 18.2. The third-order valence-electron chi connectivity index (χ3n) is 5.61. The Kier molecular flexibility index (Phi) is 5.69. The van der Waals surface area contributed by atoms with Crippen molar-refractivity contribution in [3.63, 3.8) is 0 Å². The molecule has 0 saturated carbocycles. The Labute approximate surface area is 164 Å². The van der Waals surface area contributed by atoms with E-state index in [0.717, 1.165) is 50.7 Å². The van der Waals surface area contributed by atoms with Gasteiger partial charge in [0.15, 0.2) is 0 Å². The monoisotopic (exact) mass is 383 g/mol. The number of hydrogen-bond donors (Lipinski definition) is 1. The number of benzene rings is 1. The fraction of sp³-hybridized carbons (Fsp3) is 0.476. The quantitative estimate of drug-likeness (QED) is 0.876. The van der Waals surface area contributed by atoms with E-state index in [2.05, 4.69) is 25.1 Å². The van der Waals surface area contributed by atoms with Gasteiger partial charge in [-0.1, -0.05) is 0 Å². The largest absolute Gasteiger partial charge is 0.369 e. The molecule has 0 radical (unpaired) electrons. The van der Waals surface area contributed by atoms with Crippen LogP contribution in [-0.2, 0) is 4.79 Å². The molecule has 3 heterocycles. The highest BCUT2D eigenvalue weighted by Gasteiger charge is 2.25. The number of aromatic nitrogens is 2. The minimum atomic E-state index is -0.306. The number of carbonyl (C=O) groups excluding carboxylic acids is 1. The molecule has 0 unspecified atom stereocenters. The van der Waals surface area contributed by atoms with Crippen LogP contribution < -0.4 is 15.1 Å². The number of anilines is 3.